The Hall–Kier alpha value is -8.62. The number of nitrogens with one attached hydrogen (secondary N) is 12. The first-order valence-electron chi connectivity index (χ1n) is 31.5. The van der Waals surface area contributed by atoms with Gasteiger partial charge in [-0.05, 0) is 75.8 Å². The number of nitrogens with two attached hydrogens (primary N) is 3. The van der Waals surface area contributed by atoms with Crippen molar-refractivity contribution in [3.8, 4) is 0 Å². The van der Waals surface area contributed by atoms with Crippen LogP contribution in [0.25, 0.3) is 0 Å². The number of carboxylic acids is 2. The minimum Gasteiger partial charge on any atom is -0.481 e. The molecule has 0 radical (unpaired) electrons. The van der Waals surface area contributed by atoms with E-state index in [4.69, 9.17) is 22.3 Å². The van der Waals surface area contributed by atoms with E-state index < -0.39 is 242 Å². The first kappa shape index (κ1) is 86.4. The lowest BCUT2D eigenvalue weighted by Crippen LogP contribution is -2.63. The van der Waals surface area contributed by atoms with Crippen molar-refractivity contribution in [1.29, 1.82) is 0 Å². The van der Waals surface area contributed by atoms with Crippen molar-refractivity contribution in [2.24, 2.45) is 35.0 Å². The highest BCUT2D eigenvalue weighted by atomic mass is 32.1. The van der Waals surface area contributed by atoms with E-state index in [9.17, 15) is 97.5 Å². The maximum absolute atomic E-state index is 14.0. The number of carboxylic acid groups (broad SMARTS) is 2. The lowest BCUT2D eigenvalue weighted by molar-refractivity contribution is -0.143. The molecule has 0 spiro atoms. The zero-order valence-electron chi connectivity index (χ0n) is 55.6. The van der Waals surface area contributed by atoms with Crippen LogP contribution in [-0.4, -0.2) is 236 Å². The predicted octanol–water partition coefficient (Wildman–Crippen LogP) is -7.62. The van der Waals surface area contributed by atoms with Crippen molar-refractivity contribution in [3.63, 3.8) is 0 Å². The number of benzene rings is 1. The average molecular weight is 1400 g/mol. The van der Waals surface area contributed by atoms with Gasteiger partial charge in [-0.3, -0.25) is 67.1 Å². The van der Waals surface area contributed by atoms with Crippen molar-refractivity contribution >= 4 is 101 Å². The van der Waals surface area contributed by atoms with Crippen LogP contribution >= 0.6 is 12.6 Å². The zero-order chi connectivity index (χ0) is 74.0. The first-order chi connectivity index (χ1) is 45.5. The Kier molecular flexibility index (Phi) is 39.4. The van der Waals surface area contributed by atoms with E-state index in [0.29, 0.717) is 18.4 Å². The fourth-order valence-corrected chi connectivity index (χ4v) is 9.29. The summed E-state index contributed by atoms with van der Waals surface area (Å²) in [6.07, 6.45) is -3.32. The lowest BCUT2D eigenvalue weighted by Gasteiger charge is -2.30. The van der Waals surface area contributed by atoms with Gasteiger partial charge in [-0.1, -0.05) is 78.3 Å². The van der Waals surface area contributed by atoms with Crippen LogP contribution in [0.1, 0.15) is 112 Å². The molecule has 0 aliphatic carbocycles. The molecular weight excluding hydrogens is 1300 g/mol. The third-order valence-corrected chi connectivity index (χ3v) is 15.5. The molecular formula is C60H99N15O21S. The van der Waals surface area contributed by atoms with Crippen LogP contribution in [0.5, 0.6) is 0 Å². The van der Waals surface area contributed by atoms with Crippen LogP contribution < -0.4 is 81.0 Å². The largest absolute Gasteiger partial charge is 0.481 e. The van der Waals surface area contributed by atoms with Crippen LogP contribution in [0.2, 0.25) is 0 Å². The van der Waals surface area contributed by atoms with Crippen molar-refractivity contribution in [1.82, 2.24) is 63.8 Å². The van der Waals surface area contributed by atoms with Gasteiger partial charge < -0.3 is 112 Å². The summed E-state index contributed by atoms with van der Waals surface area (Å²) in [6, 6.07) is -12.3. The monoisotopic (exact) mass is 1400 g/mol. The number of aliphatic carboxylic acids is 2. The van der Waals surface area contributed by atoms with Crippen molar-refractivity contribution in [2.75, 3.05) is 32.1 Å². The molecule has 0 aliphatic rings. The van der Waals surface area contributed by atoms with Gasteiger partial charge in [0.25, 0.3) is 0 Å². The molecule has 15 atom stereocenters. The van der Waals surface area contributed by atoms with E-state index in [1.807, 2.05) is 0 Å². The molecule has 0 aliphatic heterocycles. The van der Waals surface area contributed by atoms with Gasteiger partial charge >= 0.3 is 11.9 Å². The molecule has 97 heavy (non-hydrogen) atoms. The quantitative estimate of drug-likeness (QED) is 0.0213. The molecule has 0 saturated carbocycles. The second-order valence-electron chi connectivity index (χ2n) is 23.8. The Bertz CT molecular complexity index is 2840. The Morgan fingerprint density at radius 2 is 0.856 bits per heavy atom. The molecule has 0 bridgehead atoms. The molecule has 0 fully saturated rings. The van der Waals surface area contributed by atoms with Crippen LogP contribution in [-0.2, 0) is 78.3 Å². The van der Waals surface area contributed by atoms with Gasteiger partial charge in [0.1, 0.15) is 78.5 Å². The van der Waals surface area contributed by atoms with Gasteiger partial charge in [0.2, 0.25) is 76.8 Å². The predicted molar refractivity (Wildman–Crippen MR) is 349 cm³/mol. The fraction of sp³-hybridized carbons (Fsp3) is 0.650. The van der Waals surface area contributed by atoms with Gasteiger partial charge in [-0.15, -0.1) is 0 Å². The lowest BCUT2D eigenvalue weighted by atomic mass is 9.95. The highest BCUT2D eigenvalue weighted by Crippen LogP contribution is 2.14. The fourth-order valence-electron chi connectivity index (χ4n) is 9.03. The van der Waals surface area contributed by atoms with Crippen LogP contribution in [0.3, 0.4) is 0 Å². The molecule has 1 rings (SSSR count). The van der Waals surface area contributed by atoms with Gasteiger partial charge in [-0.2, -0.15) is 12.6 Å². The van der Waals surface area contributed by atoms with Gasteiger partial charge in [-0.25, -0.2) is 4.79 Å². The van der Waals surface area contributed by atoms with Crippen molar-refractivity contribution in [3.05, 3.63) is 35.9 Å². The number of hydrogen-bond donors (Lipinski definition) is 22. The number of carbonyl (C=O) groups excluding carboxylic acids is 13. The van der Waals surface area contributed by atoms with Crippen LogP contribution in [0, 0.1) is 17.8 Å². The minimum absolute atomic E-state index is 0.129. The number of amides is 13. The number of unbranched alkanes of at least 4 members (excludes halogenated alkanes) is 1. The summed E-state index contributed by atoms with van der Waals surface area (Å²) in [5, 5.41) is 87.9. The number of hydrogen-bond acceptors (Lipinski definition) is 22. The molecule has 0 heterocycles. The van der Waals surface area contributed by atoms with Crippen molar-refractivity contribution in [2.45, 2.75) is 198 Å². The second-order valence-corrected chi connectivity index (χ2v) is 24.2. The molecule has 0 saturated heterocycles. The molecule has 546 valence electrons. The molecule has 36 nitrogen and oxygen atoms in total. The van der Waals surface area contributed by atoms with Gasteiger partial charge in [0.05, 0.1) is 25.9 Å². The maximum Gasteiger partial charge on any atom is 0.326 e. The Morgan fingerprint density at radius 3 is 1.34 bits per heavy atom. The smallest absolute Gasteiger partial charge is 0.326 e. The normalized spacial score (nSPS) is 15.8. The summed E-state index contributed by atoms with van der Waals surface area (Å²) in [4.78, 5) is 199. The van der Waals surface area contributed by atoms with Gasteiger partial charge in [0, 0.05) is 25.0 Å². The summed E-state index contributed by atoms with van der Waals surface area (Å²) in [6.45, 7) is 9.05. The molecule has 13 amide bonds. The van der Waals surface area contributed by atoms with Gasteiger partial charge in [0.15, 0.2) is 0 Å². The third-order valence-electron chi connectivity index (χ3n) is 15.2. The van der Waals surface area contributed by atoms with E-state index >= 15 is 0 Å². The standard InChI is InChI=1S/C60H99N15O21S/c1-9-30(6)46(74-57(92)45(29(4)5)72-49(84)34(62)24-76)58(93)75-47(32(8)79)59(94)66-36(18-20-42(63)80)50(85)64-31(7)48(83)71-41(27-97)55(90)69-39(25-77)53(88)65-35(17-13-14-22-61)51(86)73-44(28(2)3)56(91)70-40(26-78)54(89)68-38(23-33-15-11-10-12-16-33)52(87)67-37(60(95)96)19-21-43(81)82/h10-12,15-16,28-32,34-41,44-47,76-79,97H,9,13-14,17-27,61-62H2,1-8H3,(H2,63,80)(H,64,85)(H,65,88)(H,66,94)(H,67,87)(H,68,89)(H,69,90)(H,70,91)(H,71,83)(H,72,84)(H,73,86)(H,74,92)(H,75,93)(H,81,82)(H,95,96)/t30-,31-,32+,34-,35-,36-,37-,38-,39-,40-,41-,44-,45-,46-,47-/m0/s1. The zero-order valence-corrected chi connectivity index (χ0v) is 56.5. The second kappa shape index (κ2) is 44.3. The van der Waals surface area contributed by atoms with E-state index in [-0.39, 0.29) is 25.8 Å². The molecule has 1 aromatic carbocycles. The number of aliphatic hydroxyl groups excluding tert-OH is 4. The Labute approximate surface area is 566 Å². The highest BCUT2D eigenvalue weighted by molar-refractivity contribution is 7.80. The van der Waals surface area contributed by atoms with Crippen LogP contribution in [0.15, 0.2) is 30.3 Å². The minimum atomic E-state index is -1.83. The molecule has 24 N–H and O–H groups in total. The average Bonchev–Trinajstić information content (AvgIpc) is 0.878. The SMILES string of the molecule is CC[C@H](C)[C@H](NC(=O)[C@@H](NC(=O)[C@@H](N)CO)C(C)C)C(=O)N[C@H](C(=O)N[C@@H](CCC(N)=O)C(=O)N[C@@H](C)C(=O)N[C@@H](CS)C(=O)N[C@@H](CO)C(=O)N[C@@H](CCCCN)C(=O)N[C@H](C(=O)N[C@@H](CO)C(=O)N[C@@H](Cc1ccccc1)C(=O)N[C@@H](CCC(=O)O)C(=O)O)C(C)C)[C@@H](C)O. The van der Waals surface area contributed by atoms with Crippen molar-refractivity contribution < 1.29 is 103 Å². The number of primary amides is 1. The highest BCUT2D eigenvalue weighted by Gasteiger charge is 2.39. The van der Waals surface area contributed by atoms with E-state index in [1.54, 1.807) is 58.0 Å². The number of rotatable bonds is 46. The number of carbonyl (C=O) groups is 15. The topological polar surface area (TPSA) is 600 Å². The van der Waals surface area contributed by atoms with E-state index in [2.05, 4.69) is 76.4 Å². The first-order valence-corrected chi connectivity index (χ1v) is 32.1. The number of aliphatic hydroxyl groups is 4. The van der Waals surface area contributed by atoms with E-state index in [0.717, 1.165) is 13.8 Å². The third kappa shape index (κ3) is 30.6. The van der Waals surface area contributed by atoms with E-state index in [1.165, 1.54) is 13.8 Å². The molecule has 37 heteroatoms. The molecule has 1 aromatic rings. The Balaban J connectivity index is 3.31. The molecule has 0 aromatic heterocycles. The maximum atomic E-state index is 14.0. The Morgan fingerprint density at radius 1 is 0.454 bits per heavy atom. The summed E-state index contributed by atoms with van der Waals surface area (Å²) in [5.74, 6) is -18.6. The summed E-state index contributed by atoms with van der Waals surface area (Å²) < 4.78 is 0. The summed E-state index contributed by atoms with van der Waals surface area (Å²) >= 11 is 4.14. The summed E-state index contributed by atoms with van der Waals surface area (Å²) in [7, 11) is 0. The molecule has 0 unspecified atom stereocenters. The number of thiol groups is 1. The summed E-state index contributed by atoms with van der Waals surface area (Å²) in [5.41, 5.74) is 17.1. The van der Waals surface area contributed by atoms with Crippen LogP contribution in [0.4, 0.5) is 0 Å².